The minimum atomic E-state index is 0.178. The Labute approximate surface area is 98.6 Å². The molecule has 0 spiro atoms. The molecule has 1 saturated carbocycles. The second-order valence-electron chi connectivity index (χ2n) is 4.45. The van der Waals surface area contributed by atoms with Gasteiger partial charge in [0.1, 0.15) is 0 Å². The number of likely N-dealkylation sites (N-methyl/N-ethyl adjacent to an activating group) is 1. The first kappa shape index (κ1) is 13.9. The Kier molecular flexibility index (Phi) is 6.28. The molecule has 4 nitrogen and oxygen atoms in total. The van der Waals surface area contributed by atoms with Gasteiger partial charge in [0, 0.05) is 13.2 Å². The standard InChI is InChI=1S/C12H25NO3/c1-5-13-10-8-11(16-9(2)3)12(10)15-7-6-14-4/h9-13H,5-8H2,1-4H3. The fraction of sp³-hybridized carbons (Fsp3) is 1.00. The van der Waals surface area contributed by atoms with E-state index < -0.39 is 0 Å². The van der Waals surface area contributed by atoms with Gasteiger partial charge in [-0.1, -0.05) is 6.92 Å². The van der Waals surface area contributed by atoms with Crippen molar-refractivity contribution in [1.29, 1.82) is 0 Å². The summed E-state index contributed by atoms with van der Waals surface area (Å²) in [5.74, 6) is 0. The summed E-state index contributed by atoms with van der Waals surface area (Å²) in [6, 6.07) is 0.436. The SMILES string of the molecule is CCNC1CC(OC(C)C)C1OCCOC. The topological polar surface area (TPSA) is 39.7 Å². The summed E-state index contributed by atoms with van der Waals surface area (Å²) in [7, 11) is 1.69. The van der Waals surface area contributed by atoms with E-state index in [1.807, 2.05) is 0 Å². The molecule has 0 aromatic carbocycles. The van der Waals surface area contributed by atoms with E-state index in [-0.39, 0.29) is 18.3 Å². The number of hydrogen-bond donors (Lipinski definition) is 1. The van der Waals surface area contributed by atoms with E-state index in [2.05, 4.69) is 26.1 Å². The average Bonchev–Trinajstić information content (AvgIpc) is 2.22. The zero-order valence-electron chi connectivity index (χ0n) is 10.9. The van der Waals surface area contributed by atoms with Crippen molar-refractivity contribution in [3.63, 3.8) is 0 Å². The zero-order valence-corrected chi connectivity index (χ0v) is 10.9. The molecule has 3 atom stereocenters. The van der Waals surface area contributed by atoms with Crippen LogP contribution in [0.5, 0.6) is 0 Å². The molecule has 1 rings (SSSR count). The molecule has 4 heteroatoms. The Morgan fingerprint density at radius 1 is 1.31 bits per heavy atom. The van der Waals surface area contributed by atoms with Crippen LogP contribution in [-0.2, 0) is 14.2 Å². The van der Waals surface area contributed by atoms with Gasteiger partial charge in [-0.15, -0.1) is 0 Å². The summed E-state index contributed by atoms with van der Waals surface area (Å²) in [5, 5.41) is 3.42. The smallest absolute Gasteiger partial charge is 0.0991 e. The number of hydrogen-bond acceptors (Lipinski definition) is 4. The molecule has 1 aliphatic rings. The molecular weight excluding hydrogens is 206 g/mol. The molecule has 3 unspecified atom stereocenters. The van der Waals surface area contributed by atoms with Gasteiger partial charge in [-0.3, -0.25) is 0 Å². The van der Waals surface area contributed by atoms with Gasteiger partial charge in [0.25, 0.3) is 0 Å². The summed E-state index contributed by atoms with van der Waals surface area (Å²) in [6.45, 7) is 8.50. The van der Waals surface area contributed by atoms with Crippen molar-refractivity contribution >= 4 is 0 Å². The van der Waals surface area contributed by atoms with E-state index in [1.54, 1.807) is 7.11 Å². The second kappa shape index (κ2) is 7.22. The van der Waals surface area contributed by atoms with Crippen molar-refractivity contribution in [2.45, 2.75) is 51.5 Å². The van der Waals surface area contributed by atoms with Crippen LogP contribution in [0.4, 0.5) is 0 Å². The molecule has 0 aromatic heterocycles. The molecule has 0 bridgehead atoms. The van der Waals surface area contributed by atoms with Crippen molar-refractivity contribution in [2.24, 2.45) is 0 Å². The third-order valence-corrected chi connectivity index (χ3v) is 2.76. The van der Waals surface area contributed by atoms with Crippen molar-refractivity contribution in [2.75, 3.05) is 26.9 Å². The fourth-order valence-electron chi connectivity index (χ4n) is 2.02. The van der Waals surface area contributed by atoms with Gasteiger partial charge in [0.2, 0.25) is 0 Å². The first-order valence-corrected chi connectivity index (χ1v) is 6.18. The average molecular weight is 231 g/mol. The third-order valence-electron chi connectivity index (χ3n) is 2.76. The highest BCUT2D eigenvalue weighted by atomic mass is 16.6. The summed E-state index contributed by atoms with van der Waals surface area (Å²) < 4.78 is 16.6. The molecule has 0 heterocycles. The van der Waals surface area contributed by atoms with Crippen molar-refractivity contribution in [3.8, 4) is 0 Å². The molecule has 1 aliphatic carbocycles. The Morgan fingerprint density at radius 3 is 2.62 bits per heavy atom. The summed E-state index contributed by atoms with van der Waals surface area (Å²) >= 11 is 0. The van der Waals surface area contributed by atoms with Gasteiger partial charge in [-0.2, -0.15) is 0 Å². The number of rotatable bonds is 8. The predicted octanol–water partition coefficient (Wildman–Crippen LogP) is 1.19. The molecule has 0 saturated heterocycles. The van der Waals surface area contributed by atoms with Crippen LogP contribution in [-0.4, -0.2) is 51.2 Å². The monoisotopic (exact) mass is 231 g/mol. The largest absolute Gasteiger partial charge is 0.382 e. The maximum atomic E-state index is 5.80. The van der Waals surface area contributed by atoms with E-state index in [4.69, 9.17) is 14.2 Å². The van der Waals surface area contributed by atoms with Crippen LogP contribution in [0.1, 0.15) is 27.2 Å². The van der Waals surface area contributed by atoms with Crippen LogP contribution in [0, 0.1) is 0 Å². The maximum Gasteiger partial charge on any atom is 0.0991 e. The molecule has 0 amide bonds. The number of ether oxygens (including phenoxy) is 3. The van der Waals surface area contributed by atoms with Gasteiger partial charge in [-0.25, -0.2) is 0 Å². The fourth-order valence-corrected chi connectivity index (χ4v) is 2.02. The molecule has 0 radical (unpaired) electrons. The van der Waals surface area contributed by atoms with E-state index >= 15 is 0 Å². The van der Waals surface area contributed by atoms with E-state index in [0.717, 1.165) is 13.0 Å². The number of nitrogens with one attached hydrogen (secondary N) is 1. The van der Waals surface area contributed by atoms with Crippen LogP contribution in [0.15, 0.2) is 0 Å². The lowest BCUT2D eigenvalue weighted by Crippen LogP contribution is -2.60. The molecule has 0 aromatic rings. The number of methoxy groups -OCH3 is 1. The summed E-state index contributed by atoms with van der Waals surface area (Å²) in [4.78, 5) is 0. The predicted molar refractivity (Wildman–Crippen MR) is 63.7 cm³/mol. The summed E-state index contributed by atoms with van der Waals surface area (Å²) in [5.41, 5.74) is 0. The van der Waals surface area contributed by atoms with Gasteiger partial charge in [0.05, 0.1) is 31.5 Å². The lowest BCUT2D eigenvalue weighted by Gasteiger charge is -2.45. The molecule has 0 aliphatic heterocycles. The lowest BCUT2D eigenvalue weighted by atomic mass is 9.85. The molecule has 1 fully saturated rings. The van der Waals surface area contributed by atoms with Crippen LogP contribution < -0.4 is 5.32 Å². The zero-order chi connectivity index (χ0) is 12.0. The molecule has 96 valence electrons. The van der Waals surface area contributed by atoms with Crippen molar-refractivity contribution < 1.29 is 14.2 Å². The van der Waals surface area contributed by atoms with E-state index in [9.17, 15) is 0 Å². The molecule has 16 heavy (non-hydrogen) atoms. The second-order valence-corrected chi connectivity index (χ2v) is 4.45. The van der Waals surface area contributed by atoms with Gasteiger partial charge in [0.15, 0.2) is 0 Å². The van der Waals surface area contributed by atoms with E-state index in [1.165, 1.54) is 0 Å². The first-order chi connectivity index (χ1) is 7.69. The van der Waals surface area contributed by atoms with Crippen LogP contribution in [0.3, 0.4) is 0 Å². The Bertz CT molecular complexity index is 187. The van der Waals surface area contributed by atoms with E-state index in [0.29, 0.717) is 19.3 Å². The van der Waals surface area contributed by atoms with Crippen LogP contribution in [0.2, 0.25) is 0 Å². The minimum absolute atomic E-state index is 0.178. The van der Waals surface area contributed by atoms with Crippen LogP contribution >= 0.6 is 0 Å². The van der Waals surface area contributed by atoms with Gasteiger partial charge < -0.3 is 19.5 Å². The Hall–Kier alpha value is -0.160. The van der Waals surface area contributed by atoms with Crippen molar-refractivity contribution in [1.82, 2.24) is 5.32 Å². The Morgan fingerprint density at radius 2 is 2.06 bits per heavy atom. The highest BCUT2D eigenvalue weighted by molar-refractivity contribution is 4.97. The normalized spacial score (nSPS) is 29.4. The van der Waals surface area contributed by atoms with Gasteiger partial charge >= 0.3 is 0 Å². The minimum Gasteiger partial charge on any atom is -0.382 e. The molecule has 1 N–H and O–H groups in total. The highest BCUT2D eigenvalue weighted by Crippen LogP contribution is 2.28. The summed E-state index contributed by atoms with van der Waals surface area (Å²) in [6.07, 6.45) is 1.73. The highest BCUT2D eigenvalue weighted by Gasteiger charge is 2.42. The Balaban J connectivity index is 2.30. The first-order valence-electron chi connectivity index (χ1n) is 6.18. The molecular formula is C12H25NO3. The van der Waals surface area contributed by atoms with Gasteiger partial charge in [-0.05, 0) is 26.8 Å². The van der Waals surface area contributed by atoms with Crippen molar-refractivity contribution in [3.05, 3.63) is 0 Å². The maximum absolute atomic E-state index is 5.80. The third kappa shape index (κ3) is 4.01. The lowest BCUT2D eigenvalue weighted by molar-refractivity contribution is -0.165. The quantitative estimate of drug-likeness (QED) is 0.637. The van der Waals surface area contributed by atoms with Crippen LogP contribution in [0.25, 0.3) is 0 Å².